The van der Waals surface area contributed by atoms with Gasteiger partial charge in [0.1, 0.15) is 5.82 Å². The molecule has 108 valence electrons. The highest BCUT2D eigenvalue weighted by Gasteiger charge is 2.14. The molecule has 4 heteroatoms. The van der Waals surface area contributed by atoms with E-state index in [1.54, 1.807) is 11.3 Å². The summed E-state index contributed by atoms with van der Waals surface area (Å²) in [6.45, 7) is 7.36. The number of rotatable bonds is 6. The summed E-state index contributed by atoms with van der Waals surface area (Å²) in [6, 6.07) is 8.56. The lowest BCUT2D eigenvalue weighted by Crippen LogP contribution is -2.31. The van der Waals surface area contributed by atoms with Crippen LogP contribution in [-0.4, -0.2) is 16.1 Å². The molecular formula is C16H22N2OS. The van der Waals surface area contributed by atoms with E-state index in [9.17, 15) is 5.11 Å². The van der Waals surface area contributed by atoms with E-state index in [4.69, 9.17) is 4.98 Å². The maximum atomic E-state index is 9.41. The van der Waals surface area contributed by atoms with Gasteiger partial charge in [0.05, 0.1) is 13.2 Å². The van der Waals surface area contributed by atoms with E-state index in [1.807, 2.05) is 12.1 Å². The van der Waals surface area contributed by atoms with Crippen LogP contribution in [0.2, 0.25) is 0 Å². The van der Waals surface area contributed by atoms with Crippen LogP contribution in [0.25, 0.3) is 0 Å². The highest BCUT2D eigenvalue weighted by Crippen LogP contribution is 2.22. The van der Waals surface area contributed by atoms with Crippen LogP contribution in [0.15, 0.2) is 29.6 Å². The molecule has 0 bridgehead atoms. The lowest BCUT2D eigenvalue weighted by molar-refractivity contribution is 0.281. The van der Waals surface area contributed by atoms with E-state index in [0.29, 0.717) is 6.04 Å². The highest BCUT2D eigenvalue weighted by molar-refractivity contribution is 7.09. The lowest BCUT2D eigenvalue weighted by Gasteiger charge is -2.28. The third-order valence-corrected chi connectivity index (χ3v) is 4.15. The summed E-state index contributed by atoms with van der Waals surface area (Å²) >= 11 is 1.76. The maximum absolute atomic E-state index is 9.41. The molecule has 0 aromatic carbocycles. The smallest absolute Gasteiger partial charge is 0.129 e. The first-order valence-corrected chi connectivity index (χ1v) is 7.91. The van der Waals surface area contributed by atoms with Crippen LogP contribution < -0.4 is 4.90 Å². The fourth-order valence-electron chi connectivity index (χ4n) is 2.15. The number of nitrogens with zero attached hydrogens (tertiary/aromatic N) is 2. The topological polar surface area (TPSA) is 36.4 Å². The predicted octanol–water partition coefficient (Wildman–Crippen LogP) is 3.61. The van der Waals surface area contributed by atoms with Crippen molar-refractivity contribution in [1.82, 2.24) is 4.98 Å². The molecular weight excluding hydrogens is 268 g/mol. The Bertz CT molecular complexity index is 515. The van der Waals surface area contributed by atoms with Gasteiger partial charge in [0, 0.05) is 16.6 Å². The fourth-order valence-corrected chi connectivity index (χ4v) is 2.85. The number of hydrogen-bond acceptors (Lipinski definition) is 4. The largest absolute Gasteiger partial charge is 0.392 e. The third kappa shape index (κ3) is 3.58. The first-order valence-electron chi connectivity index (χ1n) is 7.03. The standard InChI is InChI=1S/C16H22N2OS/c1-4-14-8-13(11-19)9-16(17-14)18(12(2)3)10-15-6-5-7-20-15/h5-9,12,19H,4,10-11H2,1-3H3. The normalized spacial score (nSPS) is 11.1. The second-order valence-corrected chi connectivity index (χ2v) is 6.17. The summed E-state index contributed by atoms with van der Waals surface area (Å²) in [4.78, 5) is 8.33. The number of hydrogen-bond donors (Lipinski definition) is 1. The molecule has 0 spiro atoms. The Kier molecular flexibility index (Phi) is 5.15. The molecule has 0 unspecified atom stereocenters. The molecule has 20 heavy (non-hydrogen) atoms. The summed E-state index contributed by atoms with van der Waals surface area (Å²) in [5, 5.41) is 11.5. The van der Waals surface area contributed by atoms with Crippen LogP contribution in [-0.2, 0) is 19.6 Å². The van der Waals surface area contributed by atoms with Crippen molar-refractivity contribution < 1.29 is 5.11 Å². The van der Waals surface area contributed by atoms with Gasteiger partial charge in [-0.25, -0.2) is 4.98 Å². The number of aromatic nitrogens is 1. The Hall–Kier alpha value is -1.39. The number of aryl methyl sites for hydroxylation is 1. The van der Waals surface area contributed by atoms with Crippen LogP contribution in [0.1, 0.15) is 36.9 Å². The maximum Gasteiger partial charge on any atom is 0.129 e. The summed E-state index contributed by atoms with van der Waals surface area (Å²) in [5.41, 5.74) is 1.96. The minimum Gasteiger partial charge on any atom is -0.392 e. The SMILES string of the molecule is CCc1cc(CO)cc(N(Cc2cccs2)C(C)C)n1. The van der Waals surface area contributed by atoms with Gasteiger partial charge in [-0.1, -0.05) is 13.0 Å². The Morgan fingerprint density at radius 2 is 2.15 bits per heavy atom. The van der Waals surface area contributed by atoms with Crippen molar-refractivity contribution in [3.05, 3.63) is 45.8 Å². The van der Waals surface area contributed by atoms with E-state index < -0.39 is 0 Å². The van der Waals surface area contributed by atoms with Gasteiger partial charge < -0.3 is 10.0 Å². The lowest BCUT2D eigenvalue weighted by atomic mass is 10.2. The minimum absolute atomic E-state index is 0.0630. The molecule has 0 atom stereocenters. The quantitative estimate of drug-likeness (QED) is 0.883. The van der Waals surface area contributed by atoms with Crippen molar-refractivity contribution in [3.63, 3.8) is 0 Å². The predicted molar refractivity (Wildman–Crippen MR) is 85.2 cm³/mol. The van der Waals surface area contributed by atoms with Gasteiger partial charge in [0.25, 0.3) is 0 Å². The molecule has 0 fully saturated rings. The molecule has 0 saturated carbocycles. The summed E-state index contributed by atoms with van der Waals surface area (Å²) in [5.74, 6) is 0.955. The molecule has 2 aromatic rings. The molecule has 2 aromatic heterocycles. The van der Waals surface area contributed by atoms with Gasteiger partial charge in [0.15, 0.2) is 0 Å². The molecule has 0 aliphatic rings. The average molecular weight is 290 g/mol. The average Bonchev–Trinajstić information content (AvgIpc) is 2.96. The van der Waals surface area contributed by atoms with Crippen LogP contribution in [0.5, 0.6) is 0 Å². The van der Waals surface area contributed by atoms with Crippen molar-refractivity contribution >= 4 is 17.2 Å². The summed E-state index contributed by atoms with van der Waals surface area (Å²) < 4.78 is 0. The number of pyridine rings is 1. The van der Waals surface area contributed by atoms with E-state index in [1.165, 1.54) is 4.88 Å². The molecule has 1 N–H and O–H groups in total. The van der Waals surface area contributed by atoms with Gasteiger partial charge >= 0.3 is 0 Å². The van der Waals surface area contributed by atoms with Crippen molar-refractivity contribution in [1.29, 1.82) is 0 Å². The Labute approximate surface area is 124 Å². The molecule has 2 heterocycles. The monoisotopic (exact) mass is 290 g/mol. The molecule has 0 aliphatic heterocycles. The first kappa shape index (κ1) is 15.0. The minimum atomic E-state index is 0.0630. The van der Waals surface area contributed by atoms with Crippen molar-refractivity contribution in [2.75, 3.05) is 4.90 Å². The van der Waals surface area contributed by atoms with E-state index in [-0.39, 0.29) is 6.61 Å². The molecule has 0 saturated heterocycles. The van der Waals surface area contributed by atoms with Crippen LogP contribution in [0.3, 0.4) is 0 Å². The molecule has 0 aliphatic carbocycles. The fraction of sp³-hybridized carbons (Fsp3) is 0.438. The van der Waals surface area contributed by atoms with Gasteiger partial charge in [-0.3, -0.25) is 0 Å². The van der Waals surface area contributed by atoms with E-state index in [2.05, 4.69) is 43.2 Å². The van der Waals surface area contributed by atoms with Gasteiger partial charge in [-0.15, -0.1) is 11.3 Å². The number of aliphatic hydroxyl groups is 1. The zero-order chi connectivity index (χ0) is 14.5. The van der Waals surface area contributed by atoms with Gasteiger partial charge in [0.2, 0.25) is 0 Å². The number of anilines is 1. The van der Waals surface area contributed by atoms with Gasteiger partial charge in [-0.2, -0.15) is 0 Å². The number of thiophene rings is 1. The van der Waals surface area contributed by atoms with Crippen LogP contribution >= 0.6 is 11.3 Å². The zero-order valence-electron chi connectivity index (χ0n) is 12.3. The zero-order valence-corrected chi connectivity index (χ0v) is 13.2. The molecule has 0 amide bonds. The molecule has 0 radical (unpaired) electrons. The van der Waals surface area contributed by atoms with Crippen molar-refractivity contribution in [3.8, 4) is 0 Å². The third-order valence-electron chi connectivity index (χ3n) is 3.29. The van der Waals surface area contributed by atoms with Crippen LogP contribution in [0.4, 0.5) is 5.82 Å². The van der Waals surface area contributed by atoms with E-state index >= 15 is 0 Å². The van der Waals surface area contributed by atoms with Crippen LogP contribution in [0, 0.1) is 0 Å². The molecule has 3 nitrogen and oxygen atoms in total. The van der Waals surface area contributed by atoms with E-state index in [0.717, 1.165) is 30.0 Å². The summed E-state index contributed by atoms with van der Waals surface area (Å²) in [6.07, 6.45) is 0.881. The number of aliphatic hydroxyl groups excluding tert-OH is 1. The second kappa shape index (κ2) is 6.86. The first-order chi connectivity index (χ1) is 9.63. The van der Waals surface area contributed by atoms with Crippen molar-refractivity contribution in [2.45, 2.75) is 46.4 Å². The molecule has 2 rings (SSSR count). The highest BCUT2D eigenvalue weighted by atomic mass is 32.1. The van der Waals surface area contributed by atoms with Gasteiger partial charge in [-0.05, 0) is 49.4 Å². The second-order valence-electron chi connectivity index (χ2n) is 5.14. The summed E-state index contributed by atoms with van der Waals surface area (Å²) in [7, 11) is 0. The Morgan fingerprint density at radius 1 is 1.35 bits per heavy atom. The van der Waals surface area contributed by atoms with Crippen molar-refractivity contribution in [2.24, 2.45) is 0 Å². The Morgan fingerprint density at radius 3 is 2.70 bits per heavy atom. The Balaban J connectivity index is 2.33.